The van der Waals surface area contributed by atoms with Crippen molar-refractivity contribution >= 4 is 27.5 Å². The minimum atomic E-state index is -0.219. The van der Waals surface area contributed by atoms with Crippen molar-refractivity contribution < 1.29 is 9.63 Å². The number of carbonyl (C=O) groups is 1. The molecule has 0 spiro atoms. The van der Waals surface area contributed by atoms with Gasteiger partial charge in [0, 0.05) is 29.5 Å². The molecule has 4 rings (SSSR count). The molecule has 0 bridgehead atoms. The normalized spacial score (nSPS) is 31.8. The molecular weight excluding hydrogens is 518 g/mol. The molecule has 0 radical (unpaired) electrons. The zero-order valence-electron chi connectivity index (χ0n) is 22.4. The summed E-state index contributed by atoms with van der Waals surface area (Å²) in [5, 5.41) is 17.9. The van der Waals surface area contributed by atoms with E-state index in [0.717, 1.165) is 66.0 Å². The van der Waals surface area contributed by atoms with Crippen molar-refractivity contribution in [1.82, 2.24) is 9.96 Å². The summed E-state index contributed by atoms with van der Waals surface area (Å²) in [6.07, 6.45) is 7.56. The second-order valence-corrected chi connectivity index (χ2v) is 12.5. The van der Waals surface area contributed by atoms with Crippen molar-refractivity contribution in [3.63, 3.8) is 0 Å². The summed E-state index contributed by atoms with van der Waals surface area (Å²) in [4.78, 5) is 21.0. The van der Waals surface area contributed by atoms with Crippen molar-refractivity contribution in [1.29, 1.82) is 0 Å². The molecule has 2 aliphatic heterocycles. The van der Waals surface area contributed by atoms with Gasteiger partial charge in [0.2, 0.25) is 5.91 Å². The Morgan fingerprint density at radius 3 is 2.33 bits per heavy atom. The molecule has 0 N–H and O–H groups in total. The quantitative estimate of drug-likeness (QED) is 0.295. The molecule has 2 saturated heterocycles. The smallest absolute Gasteiger partial charge is 0.227 e. The highest BCUT2D eigenvalue weighted by atomic mass is 79.9. The zero-order chi connectivity index (χ0) is 25.9. The number of hydrogen-bond donors (Lipinski definition) is 0. The lowest BCUT2D eigenvalue weighted by Gasteiger charge is -2.50. The van der Waals surface area contributed by atoms with Gasteiger partial charge in [-0.15, -0.1) is 0 Å². The number of benzene rings is 1. The molecule has 200 valence electrons. The minimum Gasteiger partial charge on any atom is -0.785 e. The van der Waals surface area contributed by atoms with Crippen molar-refractivity contribution in [2.75, 3.05) is 26.2 Å². The Bertz CT molecular complexity index is 905. The van der Waals surface area contributed by atoms with Crippen molar-refractivity contribution in [3.05, 3.63) is 39.5 Å². The van der Waals surface area contributed by atoms with Gasteiger partial charge in [0.15, 0.2) is 0 Å². The van der Waals surface area contributed by atoms with Gasteiger partial charge >= 0.3 is 0 Å². The number of hydroxylamine groups is 2. The minimum absolute atomic E-state index is 0.169. The van der Waals surface area contributed by atoms with Gasteiger partial charge in [-0.3, -0.25) is 4.79 Å². The van der Waals surface area contributed by atoms with E-state index >= 15 is 0 Å². The molecule has 2 heterocycles. The summed E-state index contributed by atoms with van der Waals surface area (Å²) in [6.45, 7) is 11.2. The van der Waals surface area contributed by atoms with Crippen molar-refractivity contribution in [2.45, 2.75) is 78.7 Å². The molecule has 3 atom stereocenters. The first kappa shape index (κ1) is 27.6. The molecule has 1 amide bonds. The van der Waals surface area contributed by atoms with Crippen LogP contribution in [0.2, 0.25) is 0 Å². The predicted octanol–water partition coefficient (Wildman–Crippen LogP) is 6.47. The number of carbonyl (C=O) groups excluding carboxylic acids is 1. The molecule has 7 heteroatoms. The van der Waals surface area contributed by atoms with Gasteiger partial charge in [-0.1, -0.05) is 47.1 Å². The largest absolute Gasteiger partial charge is 0.785 e. The first-order valence-corrected chi connectivity index (χ1v) is 14.7. The van der Waals surface area contributed by atoms with Crippen LogP contribution in [0.3, 0.4) is 0 Å². The van der Waals surface area contributed by atoms with E-state index in [1.165, 1.54) is 12.8 Å². The number of amides is 1. The van der Waals surface area contributed by atoms with Gasteiger partial charge in [-0.2, -0.15) is 0 Å². The molecule has 3 aliphatic rings. The molecule has 0 aromatic heterocycles. The van der Waals surface area contributed by atoms with Crippen LogP contribution in [0, 0.1) is 34.3 Å². The van der Waals surface area contributed by atoms with Crippen molar-refractivity contribution in [2.24, 2.45) is 34.2 Å². The maximum atomic E-state index is 13.4. The van der Waals surface area contributed by atoms with Gasteiger partial charge in [0.05, 0.1) is 11.6 Å². The zero-order valence-corrected chi connectivity index (χ0v) is 24.0. The van der Waals surface area contributed by atoms with Gasteiger partial charge < -0.3 is 20.0 Å². The standard InChI is InChI=1S/C29H43BrN3O3/c1-5-36-31-27(23-8-12-25(30)13-9-23)22-6-10-24(11-7-22)29(4)15-18-32(19-16-29)28(34)26-20(2)14-17-33(35)21(26)3/h8-9,12-13,20-22,24,26H,5-7,10-11,14-19H2,1-4H3/q-1/b31-27-/t20?,21-,22?,24?,26?/m0/s1. The first-order chi connectivity index (χ1) is 17.2. The third-order valence-electron chi connectivity index (χ3n) is 9.43. The predicted molar refractivity (Wildman–Crippen MR) is 148 cm³/mol. The van der Waals surface area contributed by atoms with E-state index in [1.807, 2.05) is 13.8 Å². The number of likely N-dealkylation sites (tertiary alicyclic amines) is 1. The van der Waals surface area contributed by atoms with Crippen LogP contribution in [-0.2, 0) is 9.63 Å². The summed E-state index contributed by atoms with van der Waals surface area (Å²) in [5.74, 6) is 1.40. The summed E-state index contributed by atoms with van der Waals surface area (Å²) in [6, 6.07) is 8.18. The molecule has 36 heavy (non-hydrogen) atoms. The van der Waals surface area contributed by atoms with Crippen LogP contribution in [0.5, 0.6) is 0 Å². The van der Waals surface area contributed by atoms with E-state index in [0.29, 0.717) is 25.0 Å². The highest BCUT2D eigenvalue weighted by Crippen LogP contribution is 2.47. The molecule has 6 nitrogen and oxygen atoms in total. The molecule has 1 aliphatic carbocycles. The Kier molecular flexibility index (Phi) is 9.16. The van der Waals surface area contributed by atoms with E-state index in [-0.39, 0.29) is 29.2 Å². The van der Waals surface area contributed by atoms with Crippen LogP contribution >= 0.6 is 15.9 Å². The third kappa shape index (κ3) is 5.99. The maximum Gasteiger partial charge on any atom is 0.227 e. The highest BCUT2D eigenvalue weighted by molar-refractivity contribution is 9.10. The molecule has 2 unspecified atom stereocenters. The lowest BCUT2D eigenvalue weighted by atomic mass is 9.63. The Morgan fingerprint density at radius 2 is 1.72 bits per heavy atom. The summed E-state index contributed by atoms with van der Waals surface area (Å²) < 4.78 is 1.07. The van der Waals surface area contributed by atoms with E-state index in [9.17, 15) is 10.0 Å². The fourth-order valence-corrected chi connectivity index (χ4v) is 7.12. The van der Waals surface area contributed by atoms with Gasteiger partial charge in [0.1, 0.15) is 6.61 Å². The van der Waals surface area contributed by atoms with E-state index in [1.54, 1.807) is 0 Å². The Labute approximate surface area is 225 Å². The van der Waals surface area contributed by atoms with Gasteiger partial charge in [-0.05, 0) is 100 Å². The number of halogens is 1. The number of rotatable bonds is 6. The van der Waals surface area contributed by atoms with Crippen LogP contribution < -0.4 is 0 Å². The molecule has 1 saturated carbocycles. The van der Waals surface area contributed by atoms with E-state index in [4.69, 9.17) is 4.84 Å². The fraction of sp³-hybridized carbons (Fsp3) is 0.724. The van der Waals surface area contributed by atoms with Crippen LogP contribution in [-0.4, -0.2) is 53.9 Å². The lowest BCUT2D eigenvalue weighted by molar-refractivity contribution is -0.144. The summed E-state index contributed by atoms with van der Waals surface area (Å²) in [5.41, 5.74) is 2.50. The first-order valence-electron chi connectivity index (χ1n) is 13.9. The fourth-order valence-electron chi connectivity index (χ4n) is 6.86. The van der Waals surface area contributed by atoms with Crippen molar-refractivity contribution in [3.8, 4) is 0 Å². The second-order valence-electron chi connectivity index (χ2n) is 11.6. The average molecular weight is 562 g/mol. The topological polar surface area (TPSA) is 68.2 Å². The number of hydrogen-bond acceptors (Lipinski definition) is 5. The van der Waals surface area contributed by atoms with Crippen LogP contribution in [0.25, 0.3) is 0 Å². The second kappa shape index (κ2) is 12.0. The van der Waals surface area contributed by atoms with Crippen LogP contribution in [0.1, 0.15) is 78.2 Å². The number of oxime groups is 1. The molecular formula is C29H43BrN3O3-. The van der Waals surface area contributed by atoms with Gasteiger partial charge in [-0.25, -0.2) is 0 Å². The lowest BCUT2D eigenvalue weighted by Crippen LogP contribution is -2.54. The Morgan fingerprint density at radius 1 is 1.08 bits per heavy atom. The van der Waals surface area contributed by atoms with E-state index < -0.39 is 0 Å². The monoisotopic (exact) mass is 560 g/mol. The molecule has 3 fully saturated rings. The summed E-state index contributed by atoms with van der Waals surface area (Å²) >= 11 is 3.53. The number of nitrogens with zero attached hydrogens (tertiary/aromatic N) is 3. The van der Waals surface area contributed by atoms with Crippen LogP contribution in [0.4, 0.5) is 0 Å². The molecule has 1 aromatic rings. The van der Waals surface area contributed by atoms with E-state index in [2.05, 4.69) is 64.1 Å². The Hall–Kier alpha value is -1.44. The highest BCUT2D eigenvalue weighted by Gasteiger charge is 2.43. The number of piperidine rings is 2. The Balaban J connectivity index is 1.34. The average Bonchev–Trinajstić information content (AvgIpc) is 2.88. The van der Waals surface area contributed by atoms with Crippen LogP contribution in [0.15, 0.2) is 33.9 Å². The SMILES string of the molecule is CCO/N=C(\c1ccc(Br)cc1)C1CCC(C2(C)CCN(C(=O)C3C(C)CCN([O-])[C@H]3C)CC2)CC1. The maximum absolute atomic E-state index is 13.4. The molecule has 1 aromatic carbocycles. The van der Waals surface area contributed by atoms with Gasteiger partial charge in [0.25, 0.3) is 0 Å². The third-order valence-corrected chi connectivity index (χ3v) is 9.95. The summed E-state index contributed by atoms with van der Waals surface area (Å²) in [7, 11) is 0.